The molecular formula is C51H60N6O8S. The largest absolute Gasteiger partial charge is 0.497 e. The summed E-state index contributed by atoms with van der Waals surface area (Å²) < 4.78 is 42.6. The molecular weight excluding hydrogens is 857 g/mol. The number of carbonyl (C=O) groups excluding carboxylic acids is 2. The molecule has 14 nitrogen and oxygen atoms in total. The van der Waals surface area contributed by atoms with Gasteiger partial charge in [-0.2, -0.15) is 4.31 Å². The van der Waals surface area contributed by atoms with Crippen LogP contribution < -0.4 is 15.4 Å². The molecule has 1 aromatic heterocycles. The zero-order valence-electron chi connectivity index (χ0n) is 37.9. The average Bonchev–Trinajstić information content (AvgIpc) is 3.82. The maximum atomic E-state index is 14.2. The van der Waals surface area contributed by atoms with Gasteiger partial charge in [0.25, 0.3) is 0 Å². The lowest BCUT2D eigenvalue weighted by atomic mass is 9.98. The zero-order chi connectivity index (χ0) is 46.8. The number of sulfonamides is 1. The van der Waals surface area contributed by atoms with E-state index in [-0.39, 0.29) is 75.5 Å². The molecule has 6 aromatic rings. The van der Waals surface area contributed by atoms with Gasteiger partial charge in [-0.15, -0.1) is 0 Å². The molecule has 0 bridgehead atoms. The van der Waals surface area contributed by atoms with E-state index in [2.05, 4.69) is 34.9 Å². The number of fused-ring (bicyclic) bond motifs is 4. The molecule has 0 unspecified atom stereocenters. The number of carbonyl (C=O) groups is 2. The molecule has 1 aliphatic carbocycles. The van der Waals surface area contributed by atoms with Crippen molar-refractivity contribution in [2.24, 2.45) is 13.0 Å². The first-order valence-corrected chi connectivity index (χ1v) is 23.8. The molecule has 4 N–H and O–H groups in total. The molecule has 348 valence electrons. The van der Waals surface area contributed by atoms with E-state index in [9.17, 15) is 28.2 Å². The van der Waals surface area contributed by atoms with Crippen LogP contribution >= 0.6 is 0 Å². The molecule has 1 aliphatic rings. The number of ether oxygens (including phenoxy) is 2. The van der Waals surface area contributed by atoms with Crippen LogP contribution in [0.4, 0.5) is 4.79 Å². The minimum absolute atomic E-state index is 0.0288. The van der Waals surface area contributed by atoms with Crippen LogP contribution in [0.2, 0.25) is 0 Å². The quantitative estimate of drug-likeness (QED) is 0.0622. The van der Waals surface area contributed by atoms with Crippen molar-refractivity contribution in [2.45, 2.75) is 62.2 Å². The molecule has 0 fully saturated rings. The molecule has 1 heterocycles. The molecule has 2 amide bonds. The topological polar surface area (TPSA) is 176 Å². The van der Waals surface area contributed by atoms with Crippen LogP contribution in [-0.4, -0.2) is 114 Å². The molecule has 0 saturated heterocycles. The second-order valence-electron chi connectivity index (χ2n) is 17.1. The van der Waals surface area contributed by atoms with Gasteiger partial charge in [0.1, 0.15) is 18.2 Å². The Hall–Kier alpha value is -6.10. The van der Waals surface area contributed by atoms with E-state index in [1.54, 1.807) is 17.0 Å². The summed E-state index contributed by atoms with van der Waals surface area (Å²) in [6.45, 7) is 3.80. The SMILES string of the molecule is COc1ccc(S(=O)(=O)N(CC(C)C)C[C@H](O)[C@H](Cc2ccccc2)NC(=O)[C@H](CCO)NCCN(Cc2nc3ccccc3n2C)C(=O)OCC2c3ccccc3-c3ccccc32)cc1. The van der Waals surface area contributed by atoms with Crippen LogP contribution in [-0.2, 0) is 39.6 Å². The maximum Gasteiger partial charge on any atom is 0.410 e. The molecule has 0 radical (unpaired) electrons. The Morgan fingerprint density at radius 3 is 2.12 bits per heavy atom. The number of hydrogen-bond donors (Lipinski definition) is 4. The highest BCUT2D eigenvalue weighted by Gasteiger charge is 2.34. The first-order valence-electron chi connectivity index (χ1n) is 22.4. The van der Waals surface area contributed by atoms with Gasteiger partial charge in [0.2, 0.25) is 15.9 Å². The van der Waals surface area contributed by atoms with Gasteiger partial charge in [0, 0.05) is 45.8 Å². The second kappa shape index (κ2) is 21.9. The van der Waals surface area contributed by atoms with Gasteiger partial charge in [-0.3, -0.25) is 9.69 Å². The van der Waals surface area contributed by atoms with Gasteiger partial charge in [0.15, 0.2) is 0 Å². The molecule has 7 rings (SSSR count). The van der Waals surface area contributed by atoms with E-state index >= 15 is 0 Å². The van der Waals surface area contributed by atoms with Crippen molar-refractivity contribution in [3.8, 4) is 16.9 Å². The summed E-state index contributed by atoms with van der Waals surface area (Å²) in [7, 11) is -0.661. The number of benzene rings is 5. The summed E-state index contributed by atoms with van der Waals surface area (Å²) in [5.74, 6) is 0.435. The highest BCUT2D eigenvalue weighted by atomic mass is 32.2. The number of rotatable bonds is 22. The Bertz CT molecular complexity index is 2630. The molecule has 66 heavy (non-hydrogen) atoms. The van der Waals surface area contributed by atoms with Gasteiger partial charge in [-0.05, 0) is 83.0 Å². The number of aromatic nitrogens is 2. The third-order valence-corrected chi connectivity index (χ3v) is 13.9. The summed E-state index contributed by atoms with van der Waals surface area (Å²) in [6.07, 6.45) is -1.64. The zero-order valence-corrected chi connectivity index (χ0v) is 38.7. The lowest BCUT2D eigenvalue weighted by Gasteiger charge is -2.32. The summed E-state index contributed by atoms with van der Waals surface area (Å²) >= 11 is 0. The normalized spacial score (nSPS) is 13.9. The Labute approximate surface area is 387 Å². The van der Waals surface area contributed by atoms with Crippen molar-refractivity contribution < 1.29 is 37.7 Å². The van der Waals surface area contributed by atoms with Crippen LogP contribution in [0.1, 0.15) is 48.7 Å². The van der Waals surface area contributed by atoms with Gasteiger partial charge >= 0.3 is 6.09 Å². The Balaban J connectivity index is 1.07. The summed E-state index contributed by atoms with van der Waals surface area (Å²) in [5.41, 5.74) is 6.95. The first kappa shape index (κ1) is 47.9. The number of hydrogen-bond acceptors (Lipinski definition) is 10. The lowest BCUT2D eigenvalue weighted by molar-refractivity contribution is -0.125. The number of aliphatic hydroxyl groups excluding tert-OH is 2. The fourth-order valence-corrected chi connectivity index (χ4v) is 10.2. The van der Waals surface area contributed by atoms with Crippen molar-refractivity contribution in [3.05, 3.63) is 150 Å². The van der Waals surface area contributed by atoms with Crippen molar-refractivity contribution in [1.29, 1.82) is 0 Å². The Kier molecular flexibility index (Phi) is 15.9. The predicted molar refractivity (Wildman–Crippen MR) is 254 cm³/mol. The van der Waals surface area contributed by atoms with Gasteiger partial charge in [-0.1, -0.05) is 105 Å². The number of aliphatic hydroxyl groups is 2. The molecule has 0 aliphatic heterocycles. The van der Waals surface area contributed by atoms with Crippen molar-refractivity contribution in [1.82, 2.24) is 29.4 Å². The van der Waals surface area contributed by atoms with Crippen LogP contribution in [0.5, 0.6) is 5.75 Å². The minimum atomic E-state index is -4.06. The molecule has 15 heteroatoms. The van der Waals surface area contributed by atoms with E-state index in [4.69, 9.17) is 14.5 Å². The summed E-state index contributed by atoms with van der Waals surface area (Å²) in [5, 5.41) is 28.3. The van der Waals surface area contributed by atoms with E-state index < -0.39 is 40.2 Å². The average molecular weight is 917 g/mol. The van der Waals surface area contributed by atoms with Gasteiger partial charge < -0.3 is 34.9 Å². The van der Waals surface area contributed by atoms with Gasteiger partial charge in [-0.25, -0.2) is 18.2 Å². The highest BCUT2D eigenvalue weighted by molar-refractivity contribution is 7.89. The predicted octanol–water partition coefficient (Wildman–Crippen LogP) is 6.11. The number of imidazole rings is 1. The van der Waals surface area contributed by atoms with Crippen molar-refractivity contribution >= 4 is 33.1 Å². The van der Waals surface area contributed by atoms with Crippen LogP contribution in [0.25, 0.3) is 22.2 Å². The minimum Gasteiger partial charge on any atom is -0.497 e. The number of aryl methyl sites for hydroxylation is 1. The standard InChI is InChI=1S/C51H60N6O8S/c1-35(2)31-57(66(62,63)38-24-22-37(64-4)23-25-38)32-48(59)46(30-36-14-6-5-7-15-36)54-50(60)45(26-29-58)52-27-28-56(33-49-53-44-20-12-13-21-47(44)55(49)3)51(61)65-34-43-41-18-10-8-16-39(41)40-17-9-11-19-42(40)43/h5-25,35,43,45-46,48,52,58-59H,26-34H2,1-4H3,(H,54,60)/t45-,46-,48-/m0/s1. The smallest absolute Gasteiger partial charge is 0.410 e. The van der Waals surface area contributed by atoms with E-state index in [1.165, 1.54) is 23.5 Å². The maximum absolute atomic E-state index is 14.2. The summed E-state index contributed by atoms with van der Waals surface area (Å²) in [6, 6.07) is 37.5. The second-order valence-corrected chi connectivity index (χ2v) is 19.0. The van der Waals surface area contributed by atoms with Crippen LogP contribution in [0, 0.1) is 5.92 Å². The number of nitrogens with zero attached hydrogens (tertiary/aromatic N) is 4. The number of para-hydroxylation sites is 2. The molecule has 0 spiro atoms. The van der Waals surface area contributed by atoms with Crippen molar-refractivity contribution in [2.75, 3.05) is 46.5 Å². The molecule has 3 atom stereocenters. The fraction of sp³-hybridized carbons (Fsp3) is 0.353. The number of amides is 2. The molecule has 5 aromatic carbocycles. The Morgan fingerprint density at radius 1 is 0.848 bits per heavy atom. The van der Waals surface area contributed by atoms with E-state index in [0.717, 1.165) is 38.9 Å². The number of nitrogens with one attached hydrogen (secondary N) is 2. The lowest BCUT2D eigenvalue weighted by Crippen LogP contribution is -2.55. The molecule has 0 saturated carbocycles. The third-order valence-electron chi connectivity index (χ3n) is 12.1. The van der Waals surface area contributed by atoms with E-state index in [1.807, 2.05) is 104 Å². The van der Waals surface area contributed by atoms with Crippen molar-refractivity contribution in [3.63, 3.8) is 0 Å². The van der Waals surface area contributed by atoms with Crippen LogP contribution in [0.15, 0.2) is 132 Å². The first-order chi connectivity index (χ1) is 31.9. The van der Waals surface area contributed by atoms with Gasteiger partial charge in [0.05, 0.1) is 47.8 Å². The highest BCUT2D eigenvalue weighted by Crippen LogP contribution is 2.44. The third kappa shape index (κ3) is 11.3. The monoisotopic (exact) mass is 916 g/mol. The Morgan fingerprint density at radius 2 is 1.48 bits per heavy atom. The van der Waals surface area contributed by atoms with E-state index in [0.29, 0.717) is 11.6 Å². The fourth-order valence-electron chi connectivity index (χ4n) is 8.60. The summed E-state index contributed by atoms with van der Waals surface area (Å²) in [4.78, 5) is 34.8. The number of methoxy groups -OCH3 is 1. The van der Waals surface area contributed by atoms with Crippen LogP contribution in [0.3, 0.4) is 0 Å².